The van der Waals surface area contributed by atoms with Gasteiger partial charge in [0.05, 0.1) is 22.9 Å². The predicted octanol–water partition coefficient (Wildman–Crippen LogP) is 6.87. The van der Waals surface area contributed by atoms with E-state index in [0.717, 1.165) is 61.3 Å². The van der Waals surface area contributed by atoms with Gasteiger partial charge in [-0.25, -0.2) is 4.98 Å². The van der Waals surface area contributed by atoms with E-state index in [1.807, 2.05) is 60.1 Å². The van der Waals surface area contributed by atoms with Crippen LogP contribution in [0.2, 0.25) is 0 Å². The van der Waals surface area contributed by atoms with Crippen molar-refractivity contribution in [1.29, 1.82) is 0 Å². The molecule has 0 saturated carbocycles. The number of imidazole rings is 1. The number of aromatic amines is 2. The fourth-order valence-electron chi connectivity index (χ4n) is 4.43. The molecule has 0 amide bonds. The van der Waals surface area contributed by atoms with Crippen molar-refractivity contribution in [3.63, 3.8) is 0 Å². The molecular formula is C29H20N6OS. The number of ether oxygens (including phenoxy) is 1. The molecule has 0 radical (unpaired) electrons. The van der Waals surface area contributed by atoms with Crippen LogP contribution in [-0.4, -0.2) is 30.1 Å². The number of nitrogens with zero attached hydrogens (tertiary/aromatic N) is 4. The maximum Gasteiger partial charge on any atom is 0.159 e. The number of thiophene rings is 1. The summed E-state index contributed by atoms with van der Waals surface area (Å²) >= 11 is 1.64. The third-order valence-electron chi connectivity index (χ3n) is 6.28. The smallest absolute Gasteiger partial charge is 0.159 e. The summed E-state index contributed by atoms with van der Waals surface area (Å²) in [5.41, 5.74) is 8.46. The van der Waals surface area contributed by atoms with Gasteiger partial charge in [0.2, 0.25) is 0 Å². The van der Waals surface area contributed by atoms with E-state index in [1.54, 1.807) is 23.7 Å². The molecule has 7 rings (SSSR count). The van der Waals surface area contributed by atoms with Crippen LogP contribution in [-0.2, 0) is 6.61 Å². The van der Waals surface area contributed by atoms with E-state index in [2.05, 4.69) is 48.7 Å². The fraction of sp³-hybridized carbons (Fsp3) is 0.0345. The van der Waals surface area contributed by atoms with Crippen LogP contribution in [0.15, 0.2) is 96.1 Å². The normalized spacial score (nSPS) is 11.4. The first-order valence-corrected chi connectivity index (χ1v) is 12.7. The Kier molecular flexibility index (Phi) is 5.22. The Morgan fingerprint density at radius 2 is 1.78 bits per heavy atom. The minimum atomic E-state index is 0.491. The number of rotatable bonds is 6. The number of hydrogen-bond acceptors (Lipinski definition) is 6. The molecule has 0 atom stereocenters. The Morgan fingerprint density at radius 3 is 2.68 bits per heavy atom. The summed E-state index contributed by atoms with van der Waals surface area (Å²) in [5.74, 6) is 1.42. The molecule has 0 saturated heterocycles. The average molecular weight is 501 g/mol. The standard InChI is InChI=1S/C29H20N6OS/c1-2-4-18(5-3-1)16-36-22-12-21(14-30-15-22)19-6-7-24-23(13-19)27(35-34-24)29-32-25-8-10-31-26(28(25)33-29)20-9-11-37-17-20/h1-15,17H,16H2,(H,32,33)(H,34,35). The Bertz CT molecular complexity index is 1840. The van der Waals surface area contributed by atoms with Gasteiger partial charge < -0.3 is 9.72 Å². The van der Waals surface area contributed by atoms with Crippen molar-refractivity contribution < 1.29 is 4.74 Å². The molecule has 0 aliphatic heterocycles. The van der Waals surface area contributed by atoms with Gasteiger partial charge in [0.1, 0.15) is 23.6 Å². The largest absolute Gasteiger partial charge is 0.487 e. The lowest BCUT2D eigenvalue weighted by Gasteiger charge is -2.08. The monoisotopic (exact) mass is 500 g/mol. The van der Waals surface area contributed by atoms with Crippen LogP contribution in [0.1, 0.15) is 5.56 Å². The van der Waals surface area contributed by atoms with E-state index in [9.17, 15) is 0 Å². The van der Waals surface area contributed by atoms with Crippen LogP contribution in [0, 0.1) is 0 Å². The minimum Gasteiger partial charge on any atom is -0.487 e. The number of fused-ring (bicyclic) bond motifs is 2. The van der Waals surface area contributed by atoms with Crippen LogP contribution in [0.4, 0.5) is 0 Å². The summed E-state index contributed by atoms with van der Waals surface area (Å²) in [6.45, 7) is 0.491. The number of nitrogens with one attached hydrogen (secondary N) is 2. The summed E-state index contributed by atoms with van der Waals surface area (Å²) in [4.78, 5) is 17.3. The fourth-order valence-corrected chi connectivity index (χ4v) is 5.07. The van der Waals surface area contributed by atoms with Crippen LogP contribution in [0.5, 0.6) is 5.75 Å². The third-order valence-corrected chi connectivity index (χ3v) is 6.96. The van der Waals surface area contributed by atoms with E-state index < -0.39 is 0 Å². The zero-order valence-electron chi connectivity index (χ0n) is 19.6. The first-order chi connectivity index (χ1) is 18.3. The molecular weight excluding hydrogens is 480 g/mol. The van der Waals surface area contributed by atoms with E-state index in [4.69, 9.17) is 9.72 Å². The van der Waals surface area contributed by atoms with Crippen LogP contribution in [0.25, 0.3) is 55.8 Å². The highest BCUT2D eigenvalue weighted by Gasteiger charge is 2.16. The first kappa shape index (κ1) is 21.5. The zero-order chi connectivity index (χ0) is 24.6. The summed E-state index contributed by atoms with van der Waals surface area (Å²) in [5, 5.41) is 12.8. The second-order valence-electron chi connectivity index (χ2n) is 8.67. The summed E-state index contributed by atoms with van der Waals surface area (Å²) in [6.07, 6.45) is 5.38. The summed E-state index contributed by atoms with van der Waals surface area (Å²) in [7, 11) is 0. The van der Waals surface area contributed by atoms with E-state index in [-0.39, 0.29) is 0 Å². The van der Waals surface area contributed by atoms with E-state index in [1.165, 1.54) is 0 Å². The molecule has 178 valence electrons. The van der Waals surface area contributed by atoms with Crippen molar-refractivity contribution in [3.8, 4) is 39.7 Å². The molecule has 0 spiro atoms. The highest BCUT2D eigenvalue weighted by molar-refractivity contribution is 7.08. The van der Waals surface area contributed by atoms with Crippen molar-refractivity contribution in [2.45, 2.75) is 6.61 Å². The lowest BCUT2D eigenvalue weighted by molar-refractivity contribution is 0.305. The molecule has 5 heterocycles. The maximum absolute atomic E-state index is 5.99. The molecule has 2 N–H and O–H groups in total. The number of aromatic nitrogens is 6. The number of benzene rings is 2. The predicted molar refractivity (Wildman–Crippen MR) is 146 cm³/mol. The Labute approximate surface area is 215 Å². The molecule has 37 heavy (non-hydrogen) atoms. The highest BCUT2D eigenvalue weighted by Crippen LogP contribution is 2.33. The van der Waals surface area contributed by atoms with Crippen molar-refractivity contribution in [1.82, 2.24) is 30.1 Å². The number of pyridine rings is 2. The van der Waals surface area contributed by atoms with Gasteiger partial charge in [-0.15, -0.1) is 0 Å². The number of hydrogen-bond donors (Lipinski definition) is 2. The average Bonchev–Trinajstić information content (AvgIpc) is 3.71. The van der Waals surface area contributed by atoms with Crippen LogP contribution < -0.4 is 4.74 Å². The minimum absolute atomic E-state index is 0.491. The topological polar surface area (TPSA) is 92.4 Å². The van der Waals surface area contributed by atoms with Gasteiger partial charge in [0.15, 0.2) is 5.82 Å². The van der Waals surface area contributed by atoms with E-state index >= 15 is 0 Å². The Balaban J connectivity index is 1.24. The molecule has 7 nitrogen and oxygen atoms in total. The van der Waals surface area contributed by atoms with Gasteiger partial charge in [0.25, 0.3) is 0 Å². The molecule has 2 aromatic carbocycles. The molecule has 0 bridgehead atoms. The van der Waals surface area contributed by atoms with Gasteiger partial charge in [-0.2, -0.15) is 16.4 Å². The zero-order valence-corrected chi connectivity index (χ0v) is 20.4. The second-order valence-corrected chi connectivity index (χ2v) is 9.45. The van der Waals surface area contributed by atoms with Crippen molar-refractivity contribution >= 4 is 33.3 Å². The molecule has 8 heteroatoms. The quantitative estimate of drug-likeness (QED) is 0.260. The SMILES string of the molecule is c1ccc(COc2cncc(-c3ccc4[nH]nc(-c5nc6c(-c7ccsc7)nccc6[nH]5)c4c3)c2)cc1. The first-order valence-electron chi connectivity index (χ1n) is 11.8. The van der Waals surface area contributed by atoms with Gasteiger partial charge in [-0.1, -0.05) is 36.4 Å². The third kappa shape index (κ3) is 4.03. The van der Waals surface area contributed by atoms with Gasteiger partial charge in [-0.05, 0) is 46.8 Å². The summed E-state index contributed by atoms with van der Waals surface area (Å²) < 4.78 is 5.99. The van der Waals surface area contributed by atoms with Gasteiger partial charge in [0, 0.05) is 34.3 Å². The summed E-state index contributed by atoms with van der Waals surface area (Å²) in [6, 6.07) is 22.3. The molecule has 0 aliphatic carbocycles. The van der Waals surface area contributed by atoms with Crippen LogP contribution in [0.3, 0.4) is 0 Å². The second kappa shape index (κ2) is 9.00. The lowest BCUT2D eigenvalue weighted by Crippen LogP contribution is -1.95. The van der Waals surface area contributed by atoms with Crippen LogP contribution >= 0.6 is 11.3 Å². The van der Waals surface area contributed by atoms with Gasteiger partial charge in [-0.3, -0.25) is 15.1 Å². The molecule has 7 aromatic rings. The molecule has 0 fully saturated rings. The Morgan fingerprint density at radius 1 is 0.838 bits per heavy atom. The highest BCUT2D eigenvalue weighted by atomic mass is 32.1. The molecule has 0 aliphatic rings. The van der Waals surface area contributed by atoms with Crippen molar-refractivity contribution in [3.05, 3.63) is 102 Å². The maximum atomic E-state index is 5.99. The van der Waals surface area contributed by atoms with Crippen molar-refractivity contribution in [2.75, 3.05) is 0 Å². The Hall–Kier alpha value is -4.82. The lowest BCUT2D eigenvalue weighted by atomic mass is 10.0. The number of H-pyrrole nitrogens is 2. The molecule has 0 unspecified atom stereocenters. The van der Waals surface area contributed by atoms with E-state index in [0.29, 0.717) is 12.4 Å². The van der Waals surface area contributed by atoms with Crippen molar-refractivity contribution in [2.24, 2.45) is 0 Å². The molecule has 5 aromatic heterocycles. The van der Waals surface area contributed by atoms with Gasteiger partial charge >= 0.3 is 0 Å².